The second kappa shape index (κ2) is 30.4. The van der Waals surface area contributed by atoms with Crippen molar-refractivity contribution in [1.82, 2.24) is 0 Å². The van der Waals surface area contributed by atoms with Crippen LogP contribution in [0.2, 0.25) is 0 Å². The van der Waals surface area contributed by atoms with E-state index in [0.29, 0.717) is 0 Å². The van der Waals surface area contributed by atoms with Crippen molar-refractivity contribution in [3.8, 4) is 56.0 Å². The maximum absolute atomic E-state index is 7.03. The highest BCUT2D eigenvalue weighted by Crippen LogP contribution is 2.46. The minimum atomic E-state index is -0.242. The molecule has 0 unspecified atom stereocenters. The van der Waals surface area contributed by atoms with Gasteiger partial charge in [-0.15, -0.1) is 0 Å². The Balaban J connectivity index is 1.43. The van der Waals surface area contributed by atoms with E-state index in [0.717, 1.165) is 74.0 Å². The highest BCUT2D eigenvalue weighted by molar-refractivity contribution is 7.27. The van der Waals surface area contributed by atoms with Gasteiger partial charge in [0.05, 0.1) is 0 Å². The molecular formula is C68H91O2P. The lowest BCUT2D eigenvalue weighted by atomic mass is 9.88. The molecule has 0 fully saturated rings. The third-order valence-electron chi connectivity index (χ3n) is 15.1. The van der Waals surface area contributed by atoms with Crippen molar-refractivity contribution in [2.24, 2.45) is 0 Å². The van der Waals surface area contributed by atoms with Crippen molar-refractivity contribution in [2.45, 2.75) is 209 Å². The Morgan fingerprint density at radius 1 is 0.296 bits per heavy atom. The van der Waals surface area contributed by atoms with E-state index in [-0.39, 0.29) is 9.03 Å². The number of benzene rings is 6. The Morgan fingerprint density at radius 2 is 0.592 bits per heavy atom. The Kier molecular flexibility index (Phi) is 23.8. The molecule has 0 aliphatic heterocycles. The van der Waals surface area contributed by atoms with Gasteiger partial charge in [-0.25, -0.2) is 0 Å². The number of hydrogen-bond donors (Lipinski definition) is 0. The summed E-state index contributed by atoms with van der Waals surface area (Å²) in [6, 6.07) is 42.2. The van der Waals surface area contributed by atoms with Crippen LogP contribution in [0.3, 0.4) is 0 Å². The summed E-state index contributed by atoms with van der Waals surface area (Å²) in [6.45, 7) is 18.4. The zero-order valence-corrected chi connectivity index (χ0v) is 46.7. The molecule has 0 saturated heterocycles. The predicted octanol–water partition coefficient (Wildman–Crippen LogP) is 21.1. The van der Waals surface area contributed by atoms with E-state index in [2.05, 4.69) is 165 Å². The quantitative estimate of drug-likeness (QED) is 0.0310. The normalized spacial score (nSPS) is 11.4. The molecule has 0 aromatic heterocycles. The van der Waals surface area contributed by atoms with Gasteiger partial charge in [-0.1, -0.05) is 230 Å². The van der Waals surface area contributed by atoms with Gasteiger partial charge in [-0.3, -0.25) is 0 Å². The summed E-state index contributed by atoms with van der Waals surface area (Å²) < 4.78 is 14.1. The second-order valence-electron chi connectivity index (χ2n) is 20.2. The van der Waals surface area contributed by atoms with Crippen molar-refractivity contribution in [1.29, 1.82) is 0 Å². The van der Waals surface area contributed by atoms with Crippen LogP contribution < -0.4 is 9.05 Å². The fraction of sp³-hybridized carbons (Fsp3) is 0.471. The smallest absolute Gasteiger partial charge is 0.275 e. The molecule has 6 rings (SSSR count). The van der Waals surface area contributed by atoms with Crippen LogP contribution in [-0.4, -0.2) is 0 Å². The highest BCUT2D eigenvalue weighted by Gasteiger charge is 2.20. The van der Waals surface area contributed by atoms with Crippen LogP contribution in [0.5, 0.6) is 11.5 Å². The summed E-state index contributed by atoms with van der Waals surface area (Å²) in [7, 11) is -0.242. The third kappa shape index (κ3) is 15.7. The largest absolute Gasteiger partial charge is 0.440 e. The monoisotopic (exact) mass is 971 g/mol. The number of unbranched alkanes of at least 4 members (excludes halogenated alkanes) is 12. The van der Waals surface area contributed by atoms with Crippen molar-refractivity contribution in [3.05, 3.63) is 154 Å². The van der Waals surface area contributed by atoms with Crippen LogP contribution in [0.15, 0.2) is 109 Å². The van der Waals surface area contributed by atoms with Crippen LogP contribution in [0, 0.1) is 0 Å². The molecule has 0 bridgehead atoms. The van der Waals surface area contributed by atoms with Crippen LogP contribution >= 0.6 is 9.03 Å². The van der Waals surface area contributed by atoms with Crippen molar-refractivity contribution in [2.75, 3.05) is 0 Å². The van der Waals surface area contributed by atoms with Crippen molar-refractivity contribution < 1.29 is 9.05 Å². The first kappa shape index (κ1) is 55.7. The first-order chi connectivity index (χ1) is 34.9. The first-order valence-corrected chi connectivity index (χ1v) is 29.6. The molecule has 6 aromatic carbocycles. The topological polar surface area (TPSA) is 18.5 Å². The van der Waals surface area contributed by atoms with Crippen LogP contribution in [0.1, 0.15) is 203 Å². The maximum atomic E-state index is 7.03. The summed E-state index contributed by atoms with van der Waals surface area (Å²) >= 11 is 0. The highest BCUT2D eigenvalue weighted by atomic mass is 31.1. The third-order valence-corrected chi connectivity index (χ3v) is 15.7. The van der Waals surface area contributed by atoms with Gasteiger partial charge in [-0.05, 0) is 167 Å². The standard InChI is InChI=1S/C68H91O2P/c1-9-17-21-25-31-55-47-59(43-39-51(55)13-5)63-35-29-37-65(67(63)61-45-41-53(15-7)57(49-61)33-27-23-19-11-3)69-71-70-66-38-30-36-64(60-44-40-52(14-6)56(48-60)32-26-22-18-10-2)68(66)62-46-42-54(16-8)58(50-62)34-28-24-20-12-4/h29-30,35-50,71H,9-28,31-34H2,1-8H3. The molecule has 71 heavy (non-hydrogen) atoms. The molecule has 0 amide bonds. The van der Waals surface area contributed by atoms with Gasteiger partial charge in [0.15, 0.2) is 0 Å². The second-order valence-corrected chi connectivity index (χ2v) is 20.8. The number of rotatable bonds is 32. The van der Waals surface area contributed by atoms with Gasteiger partial charge >= 0.3 is 0 Å². The Hall–Kier alpha value is -4.65. The summed E-state index contributed by atoms with van der Waals surface area (Å²) in [6.07, 6.45) is 28.8. The van der Waals surface area contributed by atoms with Gasteiger partial charge in [0, 0.05) is 11.1 Å². The molecule has 0 radical (unpaired) electrons. The summed E-state index contributed by atoms with van der Waals surface area (Å²) in [5, 5.41) is 0. The van der Waals surface area contributed by atoms with Crippen molar-refractivity contribution >= 4 is 9.03 Å². The van der Waals surface area contributed by atoms with Crippen molar-refractivity contribution in [3.63, 3.8) is 0 Å². The van der Waals surface area contributed by atoms with E-state index in [1.165, 1.54) is 181 Å². The Labute approximate surface area is 435 Å². The maximum Gasteiger partial charge on any atom is 0.275 e. The number of hydrogen-bond acceptors (Lipinski definition) is 2. The molecule has 0 atom stereocenters. The van der Waals surface area contributed by atoms with E-state index in [9.17, 15) is 0 Å². The van der Waals surface area contributed by atoms with Gasteiger partial charge in [0.2, 0.25) is 0 Å². The lowest BCUT2D eigenvalue weighted by Gasteiger charge is -2.21. The zero-order chi connectivity index (χ0) is 50.2. The minimum absolute atomic E-state index is 0.242. The van der Waals surface area contributed by atoms with E-state index < -0.39 is 0 Å². The van der Waals surface area contributed by atoms with Gasteiger partial charge in [0.25, 0.3) is 9.03 Å². The number of aryl methyl sites for hydroxylation is 8. The average molecular weight is 971 g/mol. The van der Waals surface area contributed by atoms with Crippen LogP contribution in [0.25, 0.3) is 44.5 Å². The molecule has 0 aliphatic carbocycles. The van der Waals surface area contributed by atoms with E-state index in [1.54, 1.807) is 0 Å². The SMILES string of the molecule is CCCCCCc1cc(-c2cccc(OPOc3cccc(-c4ccc(CC)c(CCCCCC)c4)c3-c3ccc(CC)c(CCCCCC)c3)c2-c2ccc(CC)c(CCCCCC)c2)ccc1CC. The lowest BCUT2D eigenvalue weighted by molar-refractivity contribution is 0.518. The summed E-state index contributed by atoms with van der Waals surface area (Å²) in [4.78, 5) is 0. The van der Waals surface area contributed by atoms with E-state index in [1.807, 2.05) is 0 Å². The van der Waals surface area contributed by atoms with Gasteiger partial charge < -0.3 is 9.05 Å². The Bertz CT molecular complexity index is 2360. The molecule has 6 aromatic rings. The fourth-order valence-corrected chi connectivity index (χ4v) is 11.4. The summed E-state index contributed by atoms with van der Waals surface area (Å²) in [5.41, 5.74) is 21.4. The predicted molar refractivity (Wildman–Crippen MR) is 313 cm³/mol. The van der Waals surface area contributed by atoms with E-state index in [4.69, 9.17) is 9.05 Å². The first-order valence-electron chi connectivity index (χ1n) is 28.7. The summed E-state index contributed by atoms with van der Waals surface area (Å²) in [5.74, 6) is 1.74. The molecule has 0 N–H and O–H groups in total. The molecule has 3 heteroatoms. The molecule has 0 saturated carbocycles. The molecule has 2 nitrogen and oxygen atoms in total. The van der Waals surface area contributed by atoms with Crippen LogP contribution in [-0.2, 0) is 51.4 Å². The molecular weight excluding hydrogens is 880 g/mol. The van der Waals surface area contributed by atoms with E-state index >= 15 is 0 Å². The Morgan fingerprint density at radius 3 is 0.887 bits per heavy atom. The lowest BCUT2D eigenvalue weighted by Crippen LogP contribution is -1.99. The van der Waals surface area contributed by atoms with Crippen LogP contribution in [0.4, 0.5) is 0 Å². The molecule has 380 valence electrons. The van der Waals surface area contributed by atoms with Gasteiger partial charge in [-0.2, -0.15) is 0 Å². The average Bonchev–Trinajstić information content (AvgIpc) is 3.41. The molecule has 0 spiro atoms. The zero-order valence-electron chi connectivity index (χ0n) is 45.7. The fourth-order valence-electron chi connectivity index (χ4n) is 10.8. The minimum Gasteiger partial charge on any atom is -0.440 e. The van der Waals surface area contributed by atoms with Gasteiger partial charge in [0.1, 0.15) is 11.5 Å². The molecule has 0 heterocycles. The molecule has 0 aliphatic rings.